The van der Waals surface area contributed by atoms with Crippen molar-refractivity contribution in [1.29, 1.82) is 0 Å². The highest BCUT2D eigenvalue weighted by molar-refractivity contribution is 6.29. The SMILES string of the molecule is Clc1cncc(N2CCCCCCC2)n1. The van der Waals surface area contributed by atoms with E-state index in [4.69, 9.17) is 11.6 Å². The molecule has 0 spiro atoms. The van der Waals surface area contributed by atoms with Crippen LogP contribution in [-0.4, -0.2) is 23.1 Å². The lowest BCUT2D eigenvalue weighted by atomic mass is 10.1. The quantitative estimate of drug-likeness (QED) is 0.736. The van der Waals surface area contributed by atoms with E-state index in [1.54, 1.807) is 12.4 Å². The fourth-order valence-electron chi connectivity index (χ4n) is 1.96. The minimum absolute atomic E-state index is 0.481. The average molecular weight is 226 g/mol. The lowest BCUT2D eigenvalue weighted by Gasteiger charge is -2.25. The second-order valence-corrected chi connectivity index (χ2v) is 4.34. The highest BCUT2D eigenvalue weighted by Gasteiger charge is 2.10. The molecule has 82 valence electrons. The van der Waals surface area contributed by atoms with Crippen molar-refractivity contribution in [3.05, 3.63) is 17.5 Å². The zero-order chi connectivity index (χ0) is 10.5. The van der Waals surface area contributed by atoms with Crippen molar-refractivity contribution >= 4 is 17.4 Å². The summed E-state index contributed by atoms with van der Waals surface area (Å²) in [6.45, 7) is 2.16. The van der Waals surface area contributed by atoms with Crippen LogP contribution in [0, 0.1) is 0 Å². The van der Waals surface area contributed by atoms with Gasteiger partial charge in [-0.2, -0.15) is 0 Å². The molecule has 2 rings (SSSR count). The van der Waals surface area contributed by atoms with Gasteiger partial charge in [0.2, 0.25) is 0 Å². The second kappa shape index (κ2) is 5.31. The van der Waals surface area contributed by atoms with E-state index in [2.05, 4.69) is 14.9 Å². The van der Waals surface area contributed by atoms with Crippen LogP contribution in [0.4, 0.5) is 5.82 Å². The van der Waals surface area contributed by atoms with Crippen molar-refractivity contribution in [1.82, 2.24) is 9.97 Å². The van der Waals surface area contributed by atoms with Crippen molar-refractivity contribution in [2.75, 3.05) is 18.0 Å². The van der Waals surface area contributed by atoms with Crippen LogP contribution in [0.3, 0.4) is 0 Å². The standard InChI is InChI=1S/C11H16ClN3/c12-10-8-13-9-11(14-10)15-6-4-2-1-3-5-7-15/h8-9H,1-7H2. The number of aromatic nitrogens is 2. The molecule has 1 aromatic heterocycles. The van der Waals surface area contributed by atoms with E-state index in [1.807, 2.05) is 0 Å². The van der Waals surface area contributed by atoms with Gasteiger partial charge in [0.05, 0.1) is 12.4 Å². The van der Waals surface area contributed by atoms with Gasteiger partial charge in [0.1, 0.15) is 11.0 Å². The van der Waals surface area contributed by atoms with E-state index in [0.717, 1.165) is 18.9 Å². The van der Waals surface area contributed by atoms with Gasteiger partial charge in [-0.15, -0.1) is 0 Å². The van der Waals surface area contributed by atoms with Gasteiger partial charge in [0.15, 0.2) is 0 Å². The predicted molar refractivity (Wildman–Crippen MR) is 62.3 cm³/mol. The first-order chi connectivity index (χ1) is 7.36. The molecule has 1 fully saturated rings. The zero-order valence-electron chi connectivity index (χ0n) is 8.82. The van der Waals surface area contributed by atoms with Crippen LogP contribution in [0.1, 0.15) is 32.1 Å². The summed E-state index contributed by atoms with van der Waals surface area (Å²) in [5.74, 6) is 0.921. The van der Waals surface area contributed by atoms with Crippen LogP contribution < -0.4 is 4.90 Å². The summed E-state index contributed by atoms with van der Waals surface area (Å²) >= 11 is 5.84. The predicted octanol–water partition coefficient (Wildman–Crippen LogP) is 2.90. The molecule has 1 aliphatic rings. The van der Waals surface area contributed by atoms with Gasteiger partial charge < -0.3 is 4.90 Å². The molecule has 15 heavy (non-hydrogen) atoms. The molecule has 1 saturated heterocycles. The van der Waals surface area contributed by atoms with Gasteiger partial charge >= 0.3 is 0 Å². The van der Waals surface area contributed by atoms with Crippen molar-refractivity contribution < 1.29 is 0 Å². The molecule has 4 heteroatoms. The minimum atomic E-state index is 0.481. The molecule has 1 aliphatic heterocycles. The molecular weight excluding hydrogens is 210 g/mol. The lowest BCUT2D eigenvalue weighted by molar-refractivity contribution is 0.553. The van der Waals surface area contributed by atoms with Crippen LogP contribution in [0.25, 0.3) is 0 Å². The molecule has 0 N–H and O–H groups in total. The van der Waals surface area contributed by atoms with Gasteiger partial charge in [-0.3, -0.25) is 4.98 Å². The summed E-state index contributed by atoms with van der Waals surface area (Å²) in [5.41, 5.74) is 0. The third kappa shape index (κ3) is 3.06. The molecule has 3 nitrogen and oxygen atoms in total. The Morgan fingerprint density at radius 2 is 1.67 bits per heavy atom. The Morgan fingerprint density at radius 1 is 1.00 bits per heavy atom. The summed E-state index contributed by atoms with van der Waals surface area (Å²) in [7, 11) is 0. The number of hydrogen-bond acceptors (Lipinski definition) is 3. The fourth-order valence-corrected chi connectivity index (χ4v) is 2.10. The maximum absolute atomic E-state index is 5.84. The Morgan fingerprint density at radius 3 is 2.33 bits per heavy atom. The largest absolute Gasteiger partial charge is 0.355 e. The molecule has 0 saturated carbocycles. The van der Waals surface area contributed by atoms with Crippen LogP contribution >= 0.6 is 11.6 Å². The maximum Gasteiger partial charge on any atom is 0.149 e. The van der Waals surface area contributed by atoms with Gasteiger partial charge in [-0.05, 0) is 12.8 Å². The summed E-state index contributed by atoms with van der Waals surface area (Å²) in [6, 6.07) is 0. The first-order valence-corrected chi connectivity index (χ1v) is 5.96. The number of rotatable bonds is 1. The Balaban J connectivity index is 2.06. The van der Waals surface area contributed by atoms with E-state index in [-0.39, 0.29) is 0 Å². The third-order valence-corrected chi connectivity index (χ3v) is 2.95. The highest BCUT2D eigenvalue weighted by Crippen LogP contribution is 2.17. The van der Waals surface area contributed by atoms with Gasteiger partial charge in [0, 0.05) is 13.1 Å². The summed E-state index contributed by atoms with van der Waals surface area (Å²) in [5, 5.41) is 0.481. The number of halogens is 1. The fraction of sp³-hybridized carbons (Fsp3) is 0.636. The van der Waals surface area contributed by atoms with Gasteiger partial charge in [0.25, 0.3) is 0 Å². The van der Waals surface area contributed by atoms with Gasteiger partial charge in [-0.25, -0.2) is 4.98 Å². The van der Waals surface area contributed by atoms with Crippen LogP contribution in [0.5, 0.6) is 0 Å². The van der Waals surface area contributed by atoms with E-state index in [0.29, 0.717) is 5.15 Å². The number of nitrogens with zero attached hydrogens (tertiary/aromatic N) is 3. The van der Waals surface area contributed by atoms with Crippen LogP contribution in [0.2, 0.25) is 5.15 Å². The Labute approximate surface area is 95.5 Å². The second-order valence-electron chi connectivity index (χ2n) is 3.95. The smallest absolute Gasteiger partial charge is 0.149 e. The molecular formula is C11H16ClN3. The van der Waals surface area contributed by atoms with Gasteiger partial charge in [-0.1, -0.05) is 30.9 Å². The van der Waals surface area contributed by atoms with E-state index in [9.17, 15) is 0 Å². The van der Waals surface area contributed by atoms with Crippen molar-refractivity contribution in [3.8, 4) is 0 Å². The minimum Gasteiger partial charge on any atom is -0.355 e. The Bertz CT molecular complexity index is 308. The first-order valence-electron chi connectivity index (χ1n) is 5.59. The average Bonchev–Trinajstić information content (AvgIpc) is 2.16. The highest BCUT2D eigenvalue weighted by atomic mass is 35.5. The lowest BCUT2D eigenvalue weighted by Crippen LogP contribution is -2.27. The zero-order valence-corrected chi connectivity index (χ0v) is 9.58. The molecule has 1 aromatic rings. The van der Waals surface area contributed by atoms with Crippen LogP contribution in [-0.2, 0) is 0 Å². The van der Waals surface area contributed by atoms with E-state index < -0.39 is 0 Å². The Kier molecular flexibility index (Phi) is 3.78. The molecule has 0 radical (unpaired) electrons. The molecule has 0 atom stereocenters. The molecule has 0 amide bonds. The molecule has 0 unspecified atom stereocenters. The summed E-state index contributed by atoms with van der Waals surface area (Å²) in [4.78, 5) is 10.7. The number of anilines is 1. The number of hydrogen-bond donors (Lipinski definition) is 0. The molecule has 0 aromatic carbocycles. The molecule has 0 aliphatic carbocycles. The molecule has 2 heterocycles. The van der Waals surface area contributed by atoms with Crippen LogP contribution in [0.15, 0.2) is 12.4 Å². The normalized spacial score (nSPS) is 18.3. The third-order valence-electron chi connectivity index (χ3n) is 2.77. The maximum atomic E-state index is 5.84. The topological polar surface area (TPSA) is 29.0 Å². The Hall–Kier alpha value is -0.830. The van der Waals surface area contributed by atoms with E-state index >= 15 is 0 Å². The van der Waals surface area contributed by atoms with Crippen molar-refractivity contribution in [3.63, 3.8) is 0 Å². The van der Waals surface area contributed by atoms with E-state index in [1.165, 1.54) is 32.1 Å². The molecule has 0 bridgehead atoms. The van der Waals surface area contributed by atoms with Crippen molar-refractivity contribution in [2.45, 2.75) is 32.1 Å². The summed E-state index contributed by atoms with van der Waals surface area (Å²) in [6.07, 6.45) is 9.88. The van der Waals surface area contributed by atoms with Crippen molar-refractivity contribution in [2.24, 2.45) is 0 Å². The monoisotopic (exact) mass is 225 g/mol. The summed E-state index contributed by atoms with van der Waals surface area (Å²) < 4.78 is 0. The first kappa shape index (κ1) is 10.7.